The maximum atomic E-state index is 12.3. The molecule has 3 aromatic rings. The molecular formula is C30H33NO2Si. The normalized spacial score (nSPS) is 23.1. The summed E-state index contributed by atoms with van der Waals surface area (Å²) in [6.07, 6.45) is 3.40. The molecule has 0 saturated carbocycles. The van der Waals surface area contributed by atoms with Gasteiger partial charge in [0.2, 0.25) is 0 Å². The fraction of sp³-hybridized carbons (Fsp3) is 0.300. The first-order valence-electron chi connectivity index (χ1n) is 12.2. The molecule has 0 saturated heterocycles. The second kappa shape index (κ2) is 8.68. The van der Waals surface area contributed by atoms with Gasteiger partial charge in [0.1, 0.15) is 5.75 Å². The van der Waals surface area contributed by atoms with Crippen LogP contribution in [0.25, 0.3) is 5.57 Å². The Bertz CT molecular complexity index is 1250. The van der Waals surface area contributed by atoms with E-state index in [4.69, 9.17) is 4.43 Å². The van der Waals surface area contributed by atoms with E-state index < -0.39 is 8.32 Å². The van der Waals surface area contributed by atoms with Crippen molar-refractivity contribution in [1.29, 1.82) is 0 Å². The lowest BCUT2D eigenvalue weighted by Crippen LogP contribution is -2.82. The summed E-state index contributed by atoms with van der Waals surface area (Å²) >= 11 is 0. The van der Waals surface area contributed by atoms with Gasteiger partial charge >= 0.3 is 8.32 Å². The molecule has 1 heterocycles. The molecule has 1 aliphatic heterocycles. The van der Waals surface area contributed by atoms with Gasteiger partial charge in [0.25, 0.3) is 0 Å². The Balaban J connectivity index is 1.58. The van der Waals surface area contributed by atoms with Crippen molar-refractivity contribution in [3.8, 4) is 5.75 Å². The van der Waals surface area contributed by atoms with Crippen LogP contribution in [0.5, 0.6) is 5.75 Å². The highest BCUT2D eigenvalue weighted by Crippen LogP contribution is 2.43. The van der Waals surface area contributed by atoms with Crippen LogP contribution in [0.1, 0.15) is 37.8 Å². The molecule has 3 nitrogen and oxygen atoms in total. The molecule has 2 aliphatic rings. The highest BCUT2D eigenvalue weighted by molar-refractivity contribution is 7.03. The van der Waals surface area contributed by atoms with Crippen LogP contribution in [0, 0.1) is 5.92 Å². The number of rotatable bonds is 6. The van der Waals surface area contributed by atoms with Crippen molar-refractivity contribution in [3.05, 3.63) is 96.1 Å². The van der Waals surface area contributed by atoms with Crippen LogP contribution >= 0.6 is 0 Å². The van der Waals surface area contributed by atoms with Gasteiger partial charge in [0.15, 0.2) is 5.78 Å². The number of carbonyl (C=O) groups is 1. The summed E-state index contributed by atoms with van der Waals surface area (Å²) in [4.78, 5) is 14.5. The average molecular weight is 468 g/mol. The van der Waals surface area contributed by atoms with Crippen molar-refractivity contribution in [3.63, 3.8) is 0 Å². The first-order chi connectivity index (χ1) is 16.3. The summed E-state index contributed by atoms with van der Waals surface area (Å²) in [6.45, 7) is 5.59. The molecule has 2 unspecified atom stereocenters. The number of fused-ring (bicyclic) bond motifs is 1. The van der Waals surface area contributed by atoms with Crippen molar-refractivity contribution < 1.29 is 9.22 Å². The number of carbonyl (C=O) groups excluding carboxylic acids is 1. The van der Waals surface area contributed by atoms with Crippen molar-refractivity contribution in [1.82, 2.24) is 4.90 Å². The van der Waals surface area contributed by atoms with Gasteiger partial charge in [-0.3, -0.25) is 4.79 Å². The SMILES string of the molecule is CN(C)CC1CCC(=O)C=C1c1cccc(O[Si]2(c3ccccc3)c3ccccc3C2(C)C)c1. The lowest BCUT2D eigenvalue weighted by Gasteiger charge is -2.54. The van der Waals surface area contributed by atoms with Crippen molar-refractivity contribution in [2.75, 3.05) is 20.6 Å². The lowest BCUT2D eigenvalue weighted by atomic mass is 9.83. The van der Waals surface area contributed by atoms with Gasteiger partial charge in [-0.25, -0.2) is 0 Å². The minimum atomic E-state index is -2.53. The Kier molecular flexibility index (Phi) is 5.83. The van der Waals surface area contributed by atoms with Gasteiger partial charge < -0.3 is 9.33 Å². The first-order valence-corrected chi connectivity index (χ1v) is 14.1. The predicted molar refractivity (Wildman–Crippen MR) is 142 cm³/mol. The summed E-state index contributed by atoms with van der Waals surface area (Å²) in [5.74, 6) is 1.46. The molecule has 4 heteroatoms. The van der Waals surface area contributed by atoms with Gasteiger partial charge in [0, 0.05) is 18.0 Å². The van der Waals surface area contributed by atoms with Gasteiger partial charge in [-0.2, -0.15) is 0 Å². The maximum Gasteiger partial charge on any atom is 0.324 e. The van der Waals surface area contributed by atoms with E-state index in [0.29, 0.717) is 12.3 Å². The minimum absolute atomic E-state index is 0.0610. The van der Waals surface area contributed by atoms with E-state index >= 15 is 0 Å². The van der Waals surface area contributed by atoms with Crippen LogP contribution in [0.4, 0.5) is 0 Å². The van der Waals surface area contributed by atoms with E-state index in [9.17, 15) is 4.79 Å². The van der Waals surface area contributed by atoms with Crippen molar-refractivity contribution >= 4 is 30.0 Å². The number of nitrogens with zero attached hydrogens (tertiary/aromatic N) is 1. The number of ketones is 1. The third-order valence-corrected chi connectivity index (χ3v) is 12.5. The van der Waals surface area contributed by atoms with Crippen LogP contribution in [0.2, 0.25) is 0 Å². The topological polar surface area (TPSA) is 29.5 Å². The lowest BCUT2D eigenvalue weighted by molar-refractivity contribution is -0.115. The Morgan fingerprint density at radius 2 is 1.71 bits per heavy atom. The van der Waals surface area contributed by atoms with E-state index in [0.717, 1.165) is 29.9 Å². The van der Waals surface area contributed by atoms with E-state index in [1.54, 1.807) is 0 Å². The summed E-state index contributed by atoms with van der Waals surface area (Å²) in [5.41, 5.74) is 3.62. The van der Waals surface area contributed by atoms with Crippen LogP contribution in [-0.4, -0.2) is 39.6 Å². The largest absolute Gasteiger partial charge is 0.534 e. The standard InChI is InChI=1S/C30H33NO2Si/c1-30(2)28-15-8-9-16-29(28)34(30,26-13-6-5-7-14-26)33-25-12-10-11-22(19-25)27-20-24(32)18-17-23(27)21-31(3)4/h5-16,19-20,23H,17-18,21H2,1-4H3. The second-order valence-corrected chi connectivity index (χ2v) is 14.3. The Morgan fingerprint density at radius 1 is 0.971 bits per heavy atom. The third kappa shape index (κ3) is 3.66. The molecule has 0 bridgehead atoms. The smallest absolute Gasteiger partial charge is 0.324 e. The molecule has 3 aromatic carbocycles. The summed E-state index contributed by atoms with van der Waals surface area (Å²) in [5, 5.41) is 2.59. The Labute approximate surface area is 204 Å². The molecule has 2 atom stereocenters. The van der Waals surface area contributed by atoms with Gasteiger partial charge in [-0.15, -0.1) is 0 Å². The zero-order chi connectivity index (χ0) is 23.9. The minimum Gasteiger partial charge on any atom is -0.534 e. The first kappa shape index (κ1) is 22.8. The van der Waals surface area contributed by atoms with Crippen LogP contribution in [-0.2, 0) is 9.83 Å². The number of hydrogen-bond acceptors (Lipinski definition) is 3. The molecular weight excluding hydrogens is 434 g/mol. The Morgan fingerprint density at radius 3 is 2.47 bits per heavy atom. The molecule has 5 rings (SSSR count). The van der Waals surface area contributed by atoms with Gasteiger partial charge in [-0.1, -0.05) is 80.6 Å². The second-order valence-electron chi connectivity index (χ2n) is 10.4. The summed E-state index contributed by atoms with van der Waals surface area (Å²) in [6, 6.07) is 27.9. The quantitative estimate of drug-likeness (QED) is 0.497. The van der Waals surface area contributed by atoms with Crippen molar-refractivity contribution in [2.24, 2.45) is 5.92 Å². The zero-order valence-electron chi connectivity index (χ0n) is 20.5. The number of benzene rings is 3. The predicted octanol–water partition coefficient (Wildman–Crippen LogP) is 4.58. The van der Waals surface area contributed by atoms with E-state index in [-0.39, 0.29) is 10.8 Å². The van der Waals surface area contributed by atoms with Crippen molar-refractivity contribution in [2.45, 2.75) is 31.7 Å². The monoisotopic (exact) mass is 467 g/mol. The molecule has 174 valence electrons. The molecule has 0 spiro atoms. The highest BCUT2D eigenvalue weighted by atomic mass is 28.4. The Hall–Kier alpha value is -2.95. The number of allylic oxidation sites excluding steroid dienone is 1. The number of hydrogen-bond donors (Lipinski definition) is 0. The summed E-state index contributed by atoms with van der Waals surface area (Å²) < 4.78 is 7.16. The average Bonchev–Trinajstić information content (AvgIpc) is 2.84. The van der Waals surface area contributed by atoms with E-state index in [2.05, 4.69) is 112 Å². The van der Waals surface area contributed by atoms with Crippen LogP contribution < -0.4 is 14.8 Å². The fourth-order valence-electron chi connectivity index (χ4n) is 5.93. The molecule has 0 radical (unpaired) electrons. The summed E-state index contributed by atoms with van der Waals surface area (Å²) in [7, 11) is 1.66. The van der Waals surface area contributed by atoms with Gasteiger partial charge in [-0.05, 0) is 71.7 Å². The third-order valence-electron chi connectivity index (χ3n) is 7.56. The van der Waals surface area contributed by atoms with E-state index in [1.807, 2.05) is 6.08 Å². The maximum absolute atomic E-state index is 12.3. The van der Waals surface area contributed by atoms with Crippen LogP contribution in [0.3, 0.4) is 0 Å². The highest BCUT2D eigenvalue weighted by Gasteiger charge is 2.64. The van der Waals surface area contributed by atoms with Gasteiger partial charge in [0.05, 0.1) is 0 Å². The molecule has 34 heavy (non-hydrogen) atoms. The molecule has 0 fully saturated rings. The molecule has 0 amide bonds. The molecule has 0 aromatic heterocycles. The fourth-order valence-corrected chi connectivity index (χ4v) is 10.8. The van der Waals surface area contributed by atoms with E-state index in [1.165, 1.54) is 15.9 Å². The molecule has 1 aliphatic carbocycles. The van der Waals surface area contributed by atoms with Crippen LogP contribution in [0.15, 0.2) is 84.9 Å². The zero-order valence-corrected chi connectivity index (χ0v) is 21.5. The molecule has 0 N–H and O–H groups in total.